The van der Waals surface area contributed by atoms with Gasteiger partial charge in [-0.2, -0.15) is 8.42 Å². The van der Waals surface area contributed by atoms with Gasteiger partial charge in [0.2, 0.25) is 0 Å². The number of methoxy groups -OCH3 is 1. The van der Waals surface area contributed by atoms with Crippen LogP contribution in [0.5, 0.6) is 11.5 Å². The summed E-state index contributed by atoms with van der Waals surface area (Å²) in [4.78, 5) is 10.7. The largest absolute Gasteiger partial charge is 0.497 e. The van der Waals surface area contributed by atoms with E-state index in [1.165, 1.54) is 55.6 Å². The molecule has 0 heterocycles. The van der Waals surface area contributed by atoms with Crippen molar-refractivity contribution in [2.24, 2.45) is 0 Å². The van der Waals surface area contributed by atoms with Crippen LogP contribution in [0.4, 0.5) is 0 Å². The van der Waals surface area contributed by atoms with Crippen molar-refractivity contribution in [1.82, 2.24) is 0 Å². The molecule has 0 atom stereocenters. The second-order valence-electron chi connectivity index (χ2n) is 4.04. The van der Waals surface area contributed by atoms with E-state index in [1.807, 2.05) is 0 Å². The first-order valence-corrected chi connectivity index (χ1v) is 7.25. The lowest BCUT2D eigenvalue weighted by atomic mass is 10.2. The molecule has 110 valence electrons. The third-order valence-electron chi connectivity index (χ3n) is 2.66. The van der Waals surface area contributed by atoms with Crippen LogP contribution >= 0.6 is 0 Å². The Hall–Kier alpha value is -2.54. The molecule has 0 aliphatic carbocycles. The zero-order valence-electron chi connectivity index (χ0n) is 11.0. The highest BCUT2D eigenvalue weighted by molar-refractivity contribution is 7.87. The molecule has 0 aliphatic heterocycles. The second-order valence-corrected chi connectivity index (χ2v) is 5.59. The maximum atomic E-state index is 12.0. The molecule has 0 radical (unpaired) electrons. The summed E-state index contributed by atoms with van der Waals surface area (Å²) in [6.07, 6.45) is 0. The highest BCUT2D eigenvalue weighted by atomic mass is 32.2. The van der Waals surface area contributed by atoms with Crippen LogP contribution in [0.15, 0.2) is 53.4 Å². The minimum Gasteiger partial charge on any atom is -0.497 e. The first-order valence-electron chi connectivity index (χ1n) is 5.84. The van der Waals surface area contributed by atoms with Crippen molar-refractivity contribution in [1.29, 1.82) is 0 Å². The lowest BCUT2D eigenvalue weighted by Gasteiger charge is -2.07. The van der Waals surface area contributed by atoms with Gasteiger partial charge in [0.1, 0.15) is 16.4 Å². The molecule has 0 aromatic heterocycles. The highest BCUT2D eigenvalue weighted by Crippen LogP contribution is 2.21. The number of hydrogen-bond donors (Lipinski definition) is 1. The minimum absolute atomic E-state index is 0.0226. The summed E-state index contributed by atoms with van der Waals surface area (Å²) < 4.78 is 34.0. The number of carbonyl (C=O) groups is 1. The Labute approximate surface area is 121 Å². The van der Waals surface area contributed by atoms with Crippen molar-refractivity contribution in [3.8, 4) is 11.5 Å². The zero-order chi connectivity index (χ0) is 15.5. The molecule has 0 saturated carbocycles. The number of rotatable bonds is 5. The van der Waals surface area contributed by atoms with E-state index in [0.29, 0.717) is 5.75 Å². The van der Waals surface area contributed by atoms with Crippen LogP contribution < -0.4 is 8.92 Å². The van der Waals surface area contributed by atoms with Gasteiger partial charge in [-0.25, -0.2) is 4.79 Å². The van der Waals surface area contributed by atoms with Crippen molar-refractivity contribution in [2.45, 2.75) is 4.90 Å². The molecule has 21 heavy (non-hydrogen) atoms. The van der Waals surface area contributed by atoms with Crippen LogP contribution in [0.1, 0.15) is 10.4 Å². The van der Waals surface area contributed by atoms with Crippen molar-refractivity contribution in [2.75, 3.05) is 7.11 Å². The van der Waals surface area contributed by atoms with E-state index in [4.69, 9.17) is 14.0 Å². The van der Waals surface area contributed by atoms with Crippen LogP contribution in [0.2, 0.25) is 0 Å². The van der Waals surface area contributed by atoms with Gasteiger partial charge in [0.15, 0.2) is 0 Å². The number of ether oxygens (including phenoxy) is 1. The first-order chi connectivity index (χ1) is 9.92. The molecule has 1 N–H and O–H groups in total. The summed E-state index contributed by atoms with van der Waals surface area (Å²) >= 11 is 0. The fourth-order valence-electron chi connectivity index (χ4n) is 1.57. The molecule has 0 unspecified atom stereocenters. The van der Waals surface area contributed by atoms with Gasteiger partial charge >= 0.3 is 16.1 Å². The number of carboxylic acid groups (broad SMARTS) is 1. The van der Waals surface area contributed by atoms with Gasteiger partial charge in [-0.05, 0) is 48.5 Å². The Morgan fingerprint density at radius 2 is 1.48 bits per heavy atom. The second kappa shape index (κ2) is 5.84. The third-order valence-corrected chi connectivity index (χ3v) is 3.92. The van der Waals surface area contributed by atoms with Crippen molar-refractivity contribution in [3.05, 3.63) is 54.1 Å². The van der Waals surface area contributed by atoms with Crippen LogP contribution in [0.3, 0.4) is 0 Å². The Kier molecular flexibility index (Phi) is 4.13. The topological polar surface area (TPSA) is 89.9 Å². The monoisotopic (exact) mass is 308 g/mol. The average molecular weight is 308 g/mol. The van der Waals surface area contributed by atoms with E-state index < -0.39 is 16.1 Å². The first kappa shape index (κ1) is 14.9. The van der Waals surface area contributed by atoms with Crippen molar-refractivity contribution >= 4 is 16.1 Å². The summed E-state index contributed by atoms with van der Waals surface area (Å²) in [5.74, 6) is -0.532. The molecule has 6 nitrogen and oxygen atoms in total. The molecule has 0 spiro atoms. The standard InChI is InChI=1S/C14H12O6S/c1-19-11-6-8-13(9-7-11)21(17,18)20-12-4-2-10(3-5-12)14(15)16/h2-9H,1H3,(H,15,16). The van der Waals surface area contributed by atoms with E-state index in [2.05, 4.69) is 0 Å². The molecule has 2 rings (SSSR count). The van der Waals surface area contributed by atoms with E-state index in [9.17, 15) is 13.2 Å². The van der Waals surface area contributed by atoms with Crippen molar-refractivity contribution in [3.63, 3.8) is 0 Å². The number of aromatic carboxylic acids is 1. The van der Waals surface area contributed by atoms with E-state index in [1.54, 1.807) is 0 Å². The number of hydrogen-bond acceptors (Lipinski definition) is 5. The summed E-state index contributed by atoms with van der Waals surface area (Å²) in [5, 5.41) is 8.76. The number of carboxylic acids is 1. The Morgan fingerprint density at radius 1 is 0.952 bits per heavy atom. The Morgan fingerprint density at radius 3 is 1.95 bits per heavy atom. The highest BCUT2D eigenvalue weighted by Gasteiger charge is 2.17. The molecule has 2 aromatic carbocycles. The maximum absolute atomic E-state index is 12.0. The third kappa shape index (κ3) is 3.51. The molecule has 0 aliphatic rings. The van der Waals surface area contributed by atoms with Gasteiger partial charge in [-0.1, -0.05) is 0 Å². The zero-order valence-corrected chi connectivity index (χ0v) is 11.8. The predicted octanol–water partition coefficient (Wildman–Crippen LogP) is 2.16. The van der Waals surface area contributed by atoms with Crippen LogP contribution in [-0.4, -0.2) is 26.6 Å². The Bertz CT molecular complexity index is 732. The fourth-order valence-corrected chi connectivity index (χ4v) is 2.50. The van der Waals surface area contributed by atoms with Gasteiger partial charge < -0.3 is 14.0 Å². The predicted molar refractivity (Wildman–Crippen MR) is 74.2 cm³/mol. The quantitative estimate of drug-likeness (QED) is 0.851. The summed E-state index contributed by atoms with van der Waals surface area (Å²) in [7, 11) is -2.50. The minimum atomic E-state index is -3.97. The molecule has 0 saturated heterocycles. The van der Waals surface area contributed by atoms with Gasteiger partial charge in [0.05, 0.1) is 12.7 Å². The lowest BCUT2D eigenvalue weighted by molar-refractivity contribution is 0.0697. The molecule has 7 heteroatoms. The molecule has 0 amide bonds. The summed E-state index contributed by atoms with van der Waals surface area (Å²) in [5.41, 5.74) is 0.0456. The molecule has 2 aromatic rings. The molecular formula is C14H12O6S. The van der Waals surface area contributed by atoms with E-state index in [-0.39, 0.29) is 16.2 Å². The average Bonchev–Trinajstić information content (AvgIpc) is 2.47. The Balaban J connectivity index is 2.21. The summed E-state index contributed by atoms with van der Waals surface area (Å²) in [6, 6.07) is 10.8. The fraction of sp³-hybridized carbons (Fsp3) is 0.0714. The van der Waals surface area contributed by atoms with Gasteiger partial charge in [0, 0.05) is 0 Å². The molecular weight excluding hydrogens is 296 g/mol. The lowest BCUT2D eigenvalue weighted by Crippen LogP contribution is -2.09. The normalized spacial score (nSPS) is 10.9. The van der Waals surface area contributed by atoms with Crippen LogP contribution in [0, 0.1) is 0 Å². The van der Waals surface area contributed by atoms with Gasteiger partial charge in [-0.15, -0.1) is 0 Å². The number of benzene rings is 2. The van der Waals surface area contributed by atoms with Gasteiger partial charge in [0.25, 0.3) is 0 Å². The SMILES string of the molecule is COc1ccc(S(=O)(=O)Oc2ccc(C(=O)O)cc2)cc1. The van der Waals surface area contributed by atoms with Crippen LogP contribution in [-0.2, 0) is 10.1 Å². The van der Waals surface area contributed by atoms with Crippen LogP contribution in [0.25, 0.3) is 0 Å². The smallest absolute Gasteiger partial charge is 0.339 e. The van der Waals surface area contributed by atoms with E-state index in [0.717, 1.165) is 0 Å². The maximum Gasteiger partial charge on any atom is 0.339 e. The van der Waals surface area contributed by atoms with Crippen molar-refractivity contribution < 1.29 is 27.2 Å². The molecule has 0 bridgehead atoms. The molecule has 0 fully saturated rings. The van der Waals surface area contributed by atoms with Gasteiger partial charge in [-0.3, -0.25) is 0 Å². The van der Waals surface area contributed by atoms with E-state index >= 15 is 0 Å². The summed E-state index contributed by atoms with van der Waals surface area (Å²) in [6.45, 7) is 0.